The topological polar surface area (TPSA) is 105 Å². The standard InChI is InChI=1S/C8H7FN2O5/c1-15-6-2-4(9)5(11(13)14)3-7(6)16-8(10)12/h2-3H,1H3,(H2,10,12). The Bertz CT molecular complexity index is 448. The molecule has 1 aromatic carbocycles. The van der Waals surface area contributed by atoms with Crippen molar-refractivity contribution in [2.45, 2.75) is 0 Å². The van der Waals surface area contributed by atoms with E-state index >= 15 is 0 Å². The maximum Gasteiger partial charge on any atom is 0.410 e. The average molecular weight is 230 g/mol. The number of ether oxygens (including phenoxy) is 2. The van der Waals surface area contributed by atoms with Gasteiger partial charge < -0.3 is 15.2 Å². The highest BCUT2D eigenvalue weighted by atomic mass is 19.1. The lowest BCUT2D eigenvalue weighted by Crippen LogP contribution is -2.17. The van der Waals surface area contributed by atoms with Gasteiger partial charge in [0.15, 0.2) is 11.5 Å². The Hall–Kier alpha value is -2.38. The summed E-state index contributed by atoms with van der Waals surface area (Å²) in [5.41, 5.74) is 3.90. The monoisotopic (exact) mass is 230 g/mol. The second kappa shape index (κ2) is 4.43. The number of hydrogen-bond acceptors (Lipinski definition) is 5. The van der Waals surface area contributed by atoms with Crippen LogP contribution < -0.4 is 15.2 Å². The first-order valence-corrected chi connectivity index (χ1v) is 3.95. The van der Waals surface area contributed by atoms with Crippen LogP contribution in [0.2, 0.25) is 0 Å². The van der Waals surface area contributed by atoms with Gasteiger partial charge in [0.25, 0.3) is 0 Å². The van der Waals surface area contributed by atoms with Gasteiger partial charge in [-0.15, -0.1) is 0 Å². The van der Waals surface area contributed by atoms with E-state index in [1.54, 1.807) is 0 Å². The van der Waals surface area contributed by atoms with E-state index in [0.717, 1.165) is 12.1 Å². The molecule has 1 amide bonds. The molecule has 2 N–H and O–H groups in total. The summed E-state index contributed by atoms with van der Waals surface area (Å²) in [6.07, 6.45) is -1.18. The first-order chi connectivity index (χ1) is 7.45. The summed E-state index contributed by atoms with van der Waals surface area (Å²) >= 11 is 0. The van der Waals surface area contributed by atoms with Crippen molar-refractivity contribution in [3.63, 3.8) is 0 Å². The number of rotatable bonds is 3. The molecular formula is C8H7FN2O5. The molecule has 0 saturated heterocycles. The van der Waals surface area contributed by atoms with E-state index in [-0.39, 0.29) is 11.5 Å². The van der Waals surface area contributed by atoms with Crippen molar-refractivity contribution in [1.82, 2.24) is 0 Å². The van der Waals surface area contributed by atoms with Gasteiger partial charge in [0.1, 0.15) is 0 Å². The maximum absolute atomic E-state index is 13.1. The van der Waals surface area contributed by atoms with Crippen molar-refractivity contribution in [2.75, 3.05) is 7.11 Å². The van der Waals surface area contributed by atoms with Gasteiger partial charge in [-0.2, -0.15) is 4.39 Å². The van der Waals surface area contributed by atoms with Crippen LogP contribution in [0.15, 0.2) is 12.1 Å². The van der Waals surface area contributed by atoms with Crippen molar-refractivity contribution in [3.05, 3.63) is 28.1 Å². The molecule has 0 fully saturated rings. The van der Waals surface area contributed by atoms with Crippen molar-refractivity contribution in [3.8, 4) is 11.5 Å². The third kappa shape index (κ3) is 2.35. The fraction of sp³-hybridized carbons (Fsp3) is 0.125. The van der Waals surface area contributed by atoms with E-state index in [9.17, 15) is 19.3 Å². The minimum Gasteiger partial charge on any atom is -0.493 e. The van der Waals surface area contributed by atoms with Crippen LogP contribution in [0.1, 0.15) is 0 Å². The van der Waals surface area contributed by atoms with Gasteiger partial charge in [0.05, 0.1) is 18.1 Å². The van der Waals surface area contributed by atoms with Gasteiger partial charge in [0, 0.05) is 6.07 Å². The minimum absolute atomic E-state index is 0.165. The van der Waals surface area contributed by atoms with Crippen molar-refractivity contribution < 1.29 is 23.6 Å². The Morgan fingerprint density at radius 1 is 1.50 bits per heavy atom. The molecule has 7 nitrogen and oxygen atoms in total. The molecule has 0 bridgehead atoms. The molecule has 1 aromatic rings. The minimum atomic E-state index is -1.18. The number of nitro benzene ring substituents is 1. The fourth-order valence-electron chi connectivity index (χ4n) is 1.01. The SMILES string of the molecule is COc1cc(F)c([N+](=O)[O-])cc1OC(N)=O. The highest BCUT2D eigenvalue weighted by Gasteiger charge is 2.20. The Labute approximate surface area is 88.7 Å². The molecular weight excluding hydrogens is 223 g/mol. The van der Waals surface area contributed by atoms with E-state index in [1.165, 1.54) is 7.11 Å². The summed E-state index contributed by atoms with van der Waals surface area (Å²) in [6.45, 7) is 0. The molecule has 0 aliphatic carbocycles. The van der Waals surface area contributed by atoms with Crippen LogP contribution in [0.4, 0.5) is 14.9 Å². The zero-order valence-electron chi connectivity index (χ0n) is 8.10. The lowest BCUT2D eigenvalue weighted by molar-refractivity contribution is -0.387. The number of nitrogens with zero attached hydrogens (tertiary/aromatic N) is 1. The molecule has 0 spiro atoms. The number of nitro groups is 1. The number of carbonyl (C=O) groups is 1. The highest BCUT2D eigenvalue weighted by molar-refractivity contribution is 5.70. The van der Waals surface area contributed by atoms with Crippen LogP contribution in [0.3, 0.4) is 0 Å². The first-order valence-electron chi connectivity index (χ1n) is 3.95. The number of methoxy groups -OCH3 is 1. The number of benzene rings is 1. The van der Waals surface area contributed by atoms with Crippen LogP contribution in [-0.4, -0.2) is 18.1 Å². The molecule has 0 aromatic heterocycles. The number of primary amides is 1. The lowest BCUT2D eigenvalue weighted by Gasteiger charge is -2.07. The second-order valence-corrected chi connectivity index (χ2v) is 2.63. The third-order valence-electron chi connectivity index (χ3n) is 1.64. The molecule has 16 heavy (non-hydrogen) atoms. The number of nitrogens with two attached hydrogens (primary N) is 1. The van der Waals surface area contributed by atoms with Crippen LogP contribution in [0.25, 0.3) is 0 Å². The summed E-state index contributed by atoms with van der Waals surface area (Å²) in [5.74, 6) is -1.58. The highest BCUT2D eigenvalue weighted by Crippen LogP contribution is 2.33. The Balaban J connectivity index is 3.28. The zero-order chi connectivity index (χ0) is 12.3. The molecule has 0 aliphatic heterocycles. The summed E-state index contributed by atoms with van der Waals surface area (Å²) in [7, 11) is 1.19. The third-order valence-corrected chi connectivity index (χ3v) is 1.64. The van der Waals surface area contributed by atoms with Gasteiger partial charge in [0.2, 0.25) is 5.82 Å². The van der Waals surface area contributed by atoms with Crippen LogP contribution in [0.5, 0.6) is 11.5 Å². The van der Waals surface area contributed by atoms with E-state index in [4.69, 9.17) is 5.73 Å². The fourth-order valence-corrected chi connectivity index (χ4v) is 1.01. The van der Waals surface area contributed by atoms with Crippen molar-refractivity contribution in [1.29, 1.82) is 0 Å². The molecule has 86 valence electrons. The predicted molar refractivity (Wildman–Crippen MR) is 49.8 cm³/mol. The van der Waals surface area contributed by atoms with Crippen molar-refractivity contribution >= 4 is 11.8 Å². The largest absolute Gasteiger partial charge is 0.493 e. The number of halogens is 1. The van der Waals surface area contributed by atoms with E-state index in [1.807, 2.05) is 0 Å². The lowest BCUT2D eigenvalue weighted by atomic mass is 10.2. The average Bonchev–Trinajstić information content (AvgIpc) is 2.18. The first kappa shape index (κ1) is 11.7. The zero-order valence-corrected chi connectivity index (χ0v) is 8.10. The van der Waals surface area contributed by atoms with Gasteiger partial charge in [-0.3, -0.25) is 10.1 Å². The maximum atomic E-state index is 13.1. The van der Waals surface area contributed by atoms with Gasteiger partial charge in [-0.05, 0) is 0 Å². The number of hydrogen-bond donors (Lipinski definition) is 1. The summed E-state index contributed by atoms with van der Waals surface area (Å²) < 4.78 is 22.2. The second-order valence-electron chi connectivity index (χ2n) is 2.63. The van der Waals surface area contributed by atoms with Crippen LogP contribution >= 0.6 is 0 Å². The van der Waals surface area contributed by atoms with E-state index in [0.29, 0.717) is 0 Å². The molecule has 0 atom stereocenters. The van der Waals surface area contributed by atoms with E-state index < -0.39 is 22.5 Å². The van der Waals surface area contributed by atoms with E-state index in [2.05, 4.69) is 9.47 Å². The smallest absolute Gasteiger partial charge is 0.410 e. The predicted octanol–water partition coefficient (Wildman–Crippen LogP) is 1.20. The van der Waals surface area contributed by atoms with Crippen molar-refractivity contribution in [2.24, 2.45) is 5.73 Å². The summed E-state index contributed by atoms with van der Waals surface area (Å²) in [6, 6.07) is 1.45. The molecule has 0 saturated carbocycles. The molecule has 1 rings (SSSR count). The van der Waals surface area contributed by atoms with Gasteiger partial charge >= 0.3 is 11.8 Å². The molecule has 0 unspecified atom stereocenters. The van der Waals surface area contributed by atoms with Crippen LogP contribution in [-0.2, 0) is 0 Å². The molecule has 0 heterocycles. The Morgan fingerprint density at radius 2 is 2.12 bits per heavy atom. The van der Waals surface area contributed by atoms with Gasteiger partial charge in [-0.1, -0.05) is 0 Å². The quantitative estimate of drug-likeness (QED) is 0.620. The number of amides is 1. The molecule has 0 aliphatic rings. The van der Waals surface area contributed by atoms with Crippen LogP contribution in [0, 0.1) is 15.9 Å². The normalized spacial score (nSPS) is 9.62. The molecule has 0 radical (unpaired) electrons. The molecule has 8 heteroatoms. The Morgan fingerprint density at radius 3 is 2.56 bits per heavy atom. The summed E-state index contributed by atoms with van der Waals surface area (Å²) in [5, 5.41) is 10.4. The Kier molecular flexibility index (Phi) is 3.24. The number of carbonyl (C=O) groups excluding carboxylic acids is 1. The van der Waals surface area contributed by atoms with Gasteiger partial charge in [-0.25, -0.2) is 4.79 Å². The summed E-state index contributed by atoms with van der Waals surface area (Å²) in [4.78, 5) is 19.9.